The first-order valence-corrected chi connectivity index (χ1v) is 12.4. The molecule has 28 heavy (non-hydrogen) atoms. The van der Waals surface area contributed by atoms with Gasteiger partial charge < -0.3 is 9.64 Å². The Labute approximate surface area is 180 Å². The molecule has 0 aliphatic carbocycles. The van der Waals surface area contributed by atoms with Crippen molar-refractivity contribution >= 4 is 47.7 Å². The smallest absolute Gasteiger partial charge is 0.310 e. The number of carbonyl (C=O) groups is 2. The number of hydrogen-bond donors (Lipinski definition) is 0. The Morgan fingerprint density at radius 3 is 2.68 bits per heavy atom. The molecule has 1 heterocycles. The number of anilines is 1. The fraction of sp³-hybridized carbons (Fsp3) is 0.333. The highest BCUT2D eigenvalue weighted by molar-refractivity contribution is 14.2. The van der Waals surface area contributed by atoms with E-state index in [1.807, 2.05) is 13.8 Å². The molecule has 2 aromatic rings. The molecular weight excluding hydrogens is 492 g/mol. The van der Waals surface area contributed by atoms with Gasteiger partial charge in [-0.2, -0.15) is 0 Å². The zero-order valence-electron chi connectivity index (χ0n) is 16.0. The number of carbonyl (C=O) groups excluding carboxylic acids is 2. The van der Waals surface area contributed by atoms with Gasteiger partial charge in [0, 0.05) is 31.8 Å². The van der Waals surface area contributed by atoms with E-state index in [1.165, 1.54) is 12.1 Å². The highest BCUT2D eigenvalue weighted by atomic mass is 127. The van der Waals surface area contributed by atoms with E-state index in [0.29, 0.717) is 18.8 Å². The Morgan fingerprint density at radius 2 is 2.04 bits per heavy atom. The third-order valence-electron chi connectivity index (χ3n) is 5.11. The van der Waals surface area contributed by atoms with E-state index in [-0.39, 0.29) is 30.5 Å². The summed E-state index contributed by atoms with van der Waals surface area (Å²) in [5, 5.41) is 0. The molecule has 0 unspecified atom stereocenters. The van der Waals surface area contributed by atoms with Crippen LogP contribution < -0.4 is 4.90 Å². The summed E-state index contributed by atoms with van der Waals surface area (Å²) in [4.78, 5) is 27.6. The minimum Gasteiger partial charge on any atom is -0.466 e. The SMILES string of the molecule is CCOC(=O)Cc1c(C)c2c(c(C)c1SI)CN(c1cccc(F)c1)C(=O)C2. The number of nitrogens with zero attached hydrogens (tertiary/aromatic N) is 1. The summed E-state index contributed by atoms with van der Waals surface area (Å²) in [5.74, 6) is -0.699. The quantitative estimate of drug-likeness (QED) is 0.414. The number of amides is 1. The Bertz CT molecular complexity index is 948. The molecule has 0 atom stereocenters. The van der Waals surface area contributed by atoms with Crippen molar-refractivity contribution < 1.29 is 18.7 Å². The van der Waals surface area contributed by atoms with Crippen molar-refractivity contribution in [2.75, 3.05) is 11.5 Å². The predicted molar refractivity (Wildman–Crippen MR) is 117 cm³/mol. The van der Waals surface area contributed by atoms with Crippen molar-refractivity contribution in [2.24, 2.45) is 0 Å². The molecule has 0 bridgehead atoms. The van der Waals surface area contributed by atoms with Crippen molar-refractivity contribution in [2.45, 2.75) is 45.1 Å². The molecule has 3 rings (SSSR count). The maximum absolute atomic E-state index is 13.7. The van der Waals surface area contributed by atoms with Gasteiger partial charge in [-0.15, -0.1) is 0 Å². The van der Waals surface area contributed by atoms with E-state index in [0.717, 1.165) is 32.7 Å². The number of fused-ring (bicyclic) bond motifs is 1. The van der Waals surface area contributed by atoms with Gasteiger partial charge in [0.1, 0.15) is 5.82 Å². The van der Waals surface area contributed by atoms with E-state index < -0.39 is 0 Å². The standard InChI is InChI=1S/C21H21FINO3S/c1-4-27-20(26)10-17-12(2)16-9-19(25)24(15-7-5-6-14(22)8-15)11-18(16)13(3)21(17)28-23/h5-8H,4,9-11H2,1-3H3. The average Bonchev–Trinajstić information content (AvgIpc) is 2.66. The van der Waals surface area contributed by atoms with Crippen LogP contribution >= 0.6 is 30.1 Å². The molecule has 1 aliphatic rings. The largest absolute Gasteiger partial charge is 0.466 e. The van der Waals surface area contributed by atoms with Crippen LogP contribution in [0.5, 0.6) is 0 Å². The van der Waals surface area contributed by atoms with Crippen LogP contribution in [0.1, 0.15) is 34.7 Å². The van der Waals surface area contributed by atoms with Crippen molar-refractivity contribution in [3.8, 4) is 0 Å². The first kappa shape index (κ1) is 21.1. The van der Waals surface area contributed by atoms with Gasteiger partial charge in [-0.05, 0) is 66.8 Å². The van der Waals surface area contributed by atoms with Gasteiger partial charge in [0.25, 0.3) is 0 Å². The second kappa shape index (κ2) is 8.82. The maximum Gasteiger partial charge on any atom is 0.310 e. The van der Waals surface area contributed by atoms with Crippen molar-refractivity contribution in [1.82, 2.24) is 0 Å². The van der Waals surface area contributed by atoms with E-state index in [9.17, 15) is 14.0 Å². The highest BCUT2D eigenvalue weighted by Gasteiger charge is 2.30. The topological polar surface area (TPSA) is 46.6 Å². The fourth-order valence-electron chi connectivity index (χ4n) is 3.67. The molecule has 1 aliphatic heterocycles. The van der Waals surface area contributed by atoms with Crippen LogP contribution in [-0.4, -0.2) is 18.5 Å². The summed E-state index contributed by atoms with van der Waals surface area (Å²) in [6.45, 7) is 6.52. The van der Waals surface area contributed by atoms with E-state index in [1.54, 1.807) is 32.9 Å². The van der Waals surface area contributed by atoms with E-state index in [4.69, 9.17) is 4.74 Å². The Morgan fingerprint density at radius 1 is 1.29 bits per heavy atom. The van der Waals surface area contributed by atoms with Gasteiger partial charge >= 0.3 is 5.97 Å². The molecule has 0 aromatic heterocycles. The van der Waals surface area contributed by atoms with Crippen LogP contribution in [0.4, 0.5) is 10.1 Å². The molecule has 0 saturated heterocycles. The molecule has 0 N–H and O–H groups in total. The van der Waals surface area contributed by atoms with Gasteiger partial charge in [-0.3, -0.25) is 9.59 Å². The Hall–Kier alpha value is -1.61. The second-order valence-electron chi connectivity index (χ2n) is 6.71. The lowest BCUT2D eigenvalue weighted by Gasteiger charge is -2.33. The van der Waals surface area contributed by atoms with E-state index >= 15 is 0 Å². The van der Waals surface area contributed by atoms with Crippen molar-refractivity contribution in [1.29, 1.82) is 0 Å². The van der Waals surface area contributed by atoms with Gasteiger partial charge in [-0.25, -0.2) is 4.39 Å². The zero-order chi connectivity index (χ0) is 20.4. The van der Waals surface area contributed by atoms with Gasteiger partial charge in [0.05, 0.1) is 26.0 Å². The molecule has 2 aromatic carbocycles. The summed E-state index contributed by atoms with van der Waals surface area (Å²) in [7, 11) is 1.57. The number of hydrogen-bond acceptors (Lipinski definition) is 4. The molecular formula is C21H21FINO3S. The minimum atomic E-state index is -0.364. The van der Waals surface area contributed by atoms with Gasteiger partial charge in [-0.1, -0.05) is 15.0 Å². The molecule has 1 amide bonds. The van der Waals surface area contributed by atoms with Crippen molar-refractivity contribution in [3.05, 3.63) is 57.9 Å². The van der Waals surface area contributed by atoms with Gasteiger partial charge in [0.2, 0.25) is 5.91 Å². The average molecular weight is 513 g/mol. The highest BCUT2D eigenvalue weighted by Crippen LogP contribution is 2.41. The monoisotopic (exact) mass is 513 g/mol. The lowest BCUT2D eigenvalue weighted by atomic mass is 9.86. The Kier molecular flexibility index (Phi) is 6.65. The number of esters is 1. The zero-order valence-corrected chi connectivity index (χ0v) is 18.9. The van der Waals surface area contributed by atoms with Gasteiger partial charge in [0.15, 0.2) is 0 Å². The Balaban J connectivity index is 2.06. The first-order chi connectivity index (χ1) is 13.4. The predicted octanol–water partition coefficient (Wildman–Crippen LogP) is 5.08. The fourth-order valence-corrected chi connectivity index (χ4v) is 6.01. The molecule has 0 fully saturated rings. The third-order valence-corrected chi connectivity index (χ3v) is 7.13. The van der Waals surface area contributed by atoms with Crippen LogP contribution in [0.25, 0.3) is 0 Å². The third kappa shape index (κ3) is 4.05. The van der Waals surface area contributed by atoms with Crippen LogP contribution in [-0.2, 0) is 33.7 Å². The van der Waals surface area contributed by atoms with Crippen LogP contribution in [0.3, 0.4) is 0 Å². The summed E-state index contributed by atoms with van der Waals surface area (Å²) in [5.41, 5.74) is 5.58. The normalized spacial score (nSPS) is 13.5. The summed E-state index contributed by atoms with van der Waals surface area (Å²) in [6.07, 6.45) is 0.432. The second-order valence-corrected chi connectivity index (χ2v) is 8.59. The first-order valence-electron chi connectivity index (χ1n) is 9.01. The van der Waals surface area contributed by atoms with Crippen LogP contribution in [0.15, 0.2) is 29.2 Å². The van der Waals surface area contributed by atoms with Crippen LogP contribution in [0, 0.1) is 19.7 Å². The number of halogens is 2. The molecule has 148 valence electrons. The maximum atomic E-state index is 13.7. The number of ether oxygens (including phenoxy) is 1. The molecule has 0 spiro atoms. The molecule has 0 radical (unpaired) electrons. The van der Waals surface area contributed by atoms with E-state index in [2.05, 4.69) is 21.2 Å². The minimum absolute atomic E-state index is 0.0717. The molecule has 7 heteroatoms. The number of rotatable bonds is 5. The lowest BCUT2D eigenvalue weighted by molar-refractivity contribution is -0.142. The van der Waals surface area contributed by atoms with Crippen LogP contribution in [0.2, 0.25) is 0 Å². The summed E-state index contributed by atoms with van der Waals surface area (Å²) >= 11 is 2.22. The lowest BCUT2D eigenvalue weighted by Crippen LogP contribution is -2.37. The number of benzene rings is 2. The molecule has 4 nitrogen and oxygen atoms in total. The summed E-state index contributed by atoms with van der Waals surface area (Å²) < 4.78 is 18.8. The molecule has 0 saturated carbocycles. The van der Waals surface area contributed by atoms with Crippen molar-refractivity contribution in [3.63, 3.8) is 0 Å². The summed E-state index contributed by atoms with van der Waals surface area (Å²) in [6, 6.07) is 6.11.